The normalized spacial score (nSPS) is 23.6. The van der Waals surface area contributed by atoms with Crippen molar-refractivity contribution >= 4 is 5.84 Å². The standard InChI is InChI=1S/C15H29N3/c1-15(2,3)14(16)18-10-6-13(7-11-18)12-17-8-4-5-9-17/h13,16H,4-12H2,1-3H3. The van der Waals surface area contributed by atoms with Crippen LogP contribution in [0.5, 0.6) is 0 Å². The van der Waals surface area contributed by atoms with Crippen molar-refractivity contribution in [3.8, 4) is 0 Å². The molecule has 1 N–H and O–H groups in total. The Morgan fingerprint density at radius 1 is 1.06 bits per heavy atom. The van der Waals surface area contributed by atoms with Crippen LogP contribution in [0.4, 0.5) is 0 Å². The summed E-state index contributed by atoms with van der Waals surface area (Å²) in [4.78, 5) is 4.93. The van der Waals surface area contributed by atoms with Crippen LogP contribution in [0, 0.1) is 16.7 Å². The fourth-order valence-corrected chi connectivity index (χ4v) is 3.14. The van der Waals surface area contributed by atoms with Crippen molar-refractivity contribution in [3.05, 3.63) is 0 Å². The third-order valence-corrected chi connectivity index (χ3v) is 4.36. The molecule has 0 unspecified atom stereocenters. The number of hydrogen-bond acceptors (Lipinski definition) is 2. The summed E-state index contributed by atoms with van der Waals surface area (Å²) >= 11 is 0. The number of rotatable bonds is 2. The Labute approximate surface area is 112 Å². The van der Waals surface area contributed by atoms with Crippen LogP contribution in [-0.2, 0) is 0 Å². The van der Waals surface area contributed by atoms with Crippen LogP contribution in [0.25, 0.3) is 0 Å². The number of nitrogens with one attached hydrogen (secondary N) is 1. The average Bonchev–Trinajstić information content (AvgIpc) is 2.81. The molecule has 0 saturated carbocycles. The molecule has 2 aliphatic rings. The highest BCUT2D eigenvalue weighted by molar-refractivity contribution is 5.84. The van der Waals surface area contributed by atoms with Crippen LogP contribution in [0.1, 0.15) is 46.5 Å². The van der Waals surface area contributed by atoms with E-state index in [1.165, 1.54) is 45.3 Å². The first kappa shape index (κ1) is 13.9. The fourth-order valence-electron chi connectivity index (χ4n) is 3.14. The smallest absolute Gasteiger partial charge is 0.101 e. The quantitative estimate of drug-likeness (QED) is 0.604. The van der Waals surface area contributed by atoms with Crippen molar-refractivity contribution in [2.24, 2.45) is 11.3 Å². The van der Waals surface area contributed by atoms with Crippen LogP contribution < -0.4 is 0 Å². The van der Waals surface area contributed by atoms with Gasteiger partial charge in [-0.15, -0.1) is 0 Å². The second kappa shape index (κ2) is 5.60. The zero-order chi connectivity index (χ0) is 13.2. The van der Waals surface area contributed by atoms with Gasteiger partial charge >= 0.3 is 0 Å². The molecule has 0 bridgehead atoms. The van der Waals surface area contributed by atoms with Crippen molar-refractivity contribution in [1.82, 2.24) is 9.80 Å². The topological polar surface area (TPSA) is 30.3 Å². The first-order chi connectivity index (χ1) is 8.47. The van der Waals surface area contributed by atoms with E-state index in [4.69, 9.17) is 5.41 Å². The fraction of sp³-hybridized carbons (Fsp3) is 0.933. The van der Waals surface area contributed by atoms with Crippen molar-refractivity contribution in [3.63, 3.8) is 0 Å². The Kier molecular flexibility index (Phi) is 4.31. The molecule has 0 atom stereocenters. The predicted octanol–water partition coefficient (Wildman–Crippen LogP) is 2.82. The van der Waals surface area contributed by atoms with Gasteiger partial charge in [0.2, 0.25) is 0 Å². The number of hydrogen-bond donors (Lipinski definition) is 1. The minimum atomic E-state index is 0.00177. The van der Waals surface area contributed by atoms with E-state index in [0.717, 1.165) is 24.8 Å². The molecule has 3 nitrogen and oxygen atoms in total. The molecule has 2 rings (SSSR count). The van der Waals surface area contributed by atoms with Gasteiger partial charge in [-0.3, -0.25) is 5.41 Å². The van der Waals surface area contributed by atoms with Gasteiger partial charge in [0.05, 0.1) is 0 Å². The summed E-state index contributed by atoms with van der Waals surface area (Å²) in [6.07, 6.45) is 5.34. The molecule has 18 heavy (non-hydrogen) atoms. The van der Waals surface area contributed by atoms with E-state index in [9.17, 15) is 0 Å². The van der Waals surface area contributed by atoms with Crippen LogP contribution in [-0.4, -0.2) is 48.4 Å². The lowest BCUT2D eigenvalue weighted by molar-refractivity contribution is 0.193. The van der Waals surface area contributed by atoms with E-state index in [-0.39, 0.29) is 5.41 Å². The minimum Gasteiger partial charge on any atom is -0.360 e. The van der Waals surface area contributed by atoms with Gasteiger partial charge in [0.25, 0.3) is 0 Å². The molecule has 2 heterocycles. The van der Waals surface area contributed by atoms with E-state index in [1.807, 2.05) is 0 Å². The first-order valence-electron chi connectivity index (χ1n) is 7.53. The molecular weight excluding hydrogens is 222 g/mol. The van der Waals surface area contributed by atoms with E-state index in [2.05, 4.69) is 30.6 Å². The van der Waals surface area contributed by atoms with E-state index >= 15 is 0 Å². The number of piperidine rings is 1. The lowest BCUT2D eigenvalue weighted by atomic mass is 9.90. The molecule has 0 radical (unpaired) electrons. The summed E-state index contributed by atoms with van der Waals surface area (Å²) in [6, 6.07) is 0. The third-order valence-electron chi connectivity index (χ3n) is 4.36. The summed E-state index contributed by atoms with van der Waals surface area (Å²) in [5.74, 6) is 1.69. The highest BCUT2D eigenvalue weighted by Gasteiger charge is 2.28. The van der Waals surface area contributed by atoms with Gasteiger partial charge in [-0.2, -0.15) is 0 Å². The third kappa shape index (κ3) is 3.47. The second-order valence-corrected chi connectivity index (χ2v) is 7.04. The maximum atomic E-state index is 8.24. The molecule has 0 spiro atoms. The Morgan fingerprint density at radius 2 is 1.61 bits per heavy atom. The molecule has 0 aliphatic carbocycles. The Morgan fingerprint density at radius 3 is 2.11 bits per heavy atom. The molecule has 104 valence electrons. The highest BCUT2D eigenvalue weighted by Crippen LogP contribution is 2.25. The van der Waals surface area contributed by atoms with E-state index in [0.29, 0.717) is 0 Å². The molecule has 0 aromatic carbocycles. The Balaban J connectivity index is 1.75. The SMILES string of the molecule is CC(C)(C)C(=N)N1CCC(CN2CCCC2)CC1. The lowest BCUT2D eigenvalue weighted by Gasteiger charge is -2.38. The summed E-state index contributed by atoms with van der Waals surface area (Å²) in [5.41, 5.74) is 0.00177. The van der Waals surface area contributed by atoms with Crippen LogP contribution >= 0.6 is 0 Å². The molecule has 0 aromatic rings. The molecule has 2 fully saturated rings. The largest absolute Gasteiger partial charge is 0.360 e. The van der Waals surface area contributed by atoms with Gasteiger partial charge in [-0.25, -0.2) is 0 Å². The van der Waals surface area contributed by atoms with Gasteiger partial charge in [-0.05, 0) is 44.7 Å². The van der Waals surface area contributed by atoms with Gasteiger partial charge in [0.1, 0.15) is 5.84 Å². The Hall–Kier alpha value is -0.570. The van der Waals surface area contributed by atoms with Crippen LogP contribution in [0.3, 0.4) is 0 Å². The van der Waals surface area contributed by atoms with Crippen molar-refractivity contribution < 1.29 is 0 Å². The summed E-state index contributed by atoms with van der Waals surface area (Å²) in [7, 11) is 0. The van der Waals surface area contributed by atoms with Gasteiger partial charge in [0, 0.05) is 25.0 Å². The minimum absolute atomic E-state index is 0.00177. The maximum Gasteiger partial charge on any atom is 0.101 e. The van der Waals surface area contributed by atoms with E-state index < -0.39 is 0 Å². The zero-order valence-electron chi connectivity index (χ0n) is 12.3. The van der Waals surface area contributed by atoms with Gasteiger partial charge in [0.15, 0.2) is 0 Å². The molecule has 0 aromatic heterocycles. The molecular formula is C15H29N3. The van der Waals surface area contributed by atoms with Crippen molar-refractivity contribution in [2.75, 3.05) is 32.7 Å². The highest BCUT2D eigenvalue weighted by atomic mass is 15.2. The molecule has 2 aliphatic heterocycles. The first-order valence-corrected chi connectivity index (χ1v) is 7.53. The summed E-state index contributed by atoms with van der Waals surface area (Å²) in [6.45, 7) is 12.6. The average molecular weight is 251 g/mol. The van der Waals surface area contributed by atoms with Crippen LogP contribution in [0.15, 0.2) is 0 Å². The molecule has 0 amide bonds. The number of likely N-dealkylation sites (tertiary alicyclic amines) is 2. The molecule has 3 heteroatoms. The van der Waals surface area contributed by atoms with E-state index in [1.54, 1.807) is 0 Å². The lowest BCUT2D eigenvalue weighted by Crippen LogP contribution is -2.45. The van der Waals surface area contributed by atoms with Crippen molar-refractivity contribution in [2.45, 2.75) is 46.5 Å². The maximum absolute atomic E-state index is 8.24. The zero-order valence-corrected chi connectivity index (χ0v) is 12.3. The molecule has 2 saturated heterocycles. The van der Waals surface area contributed by atoms with Crippen LogP contribution in [0.2, 0.25) is 0 Å². The number of amidine groups is 1. The predicted molar refractivity (Wildman–Crippen MR) is 77.2 cm³/mol. The van der Waals surface area contributed by atoms with Crippen molar-refractivity contribution in [1.29, 1.82) is 5.41 Å². The number of nitrogens with zero attached hydrogens (tertiary/aromatic N) is 2. The Bertz CT molecular complexity index is 279. The monoisotopic (exact) mass is 251 g/mol. The summed E-state index contributed by atoms with van der Waals surface area (Å²) < 4.78 is 0. The van der Waals surface area contributed by atoms with Gasteiger partial charge < -0.3 is 9.80 Å². The van der Waals surface area contributed by atoms with Gasteiger partial charge in [-0.1, -0.05) is 20.8 Å². The summed E-state index contributed by atoms with van der Waals surface area (Å²) in [5, 5.41) is 8.24. The second-order valence-electron chi connectivity index (χ2n) is 7.04.